The van der Waals surface area contributed by atoms with E-state index in [0.717, 1.165) is 11.0 Å². The normalized spacial score (nSPS) is 14.5. The second-order valence-corrected chi connectivity index (χ2v) is 6.63. The van der Waals surface area contributed by atoms with Gasteiger partial charge in [-0.1, -0.05) is 65.1 Å². The number of benzene rings is 1. The summed E-state index contributed by atoms with van der Waals surface area (Å²) in [5, 5.41) is 3.69. The zero-order valence-electron chi connectivity index (χ0n) is 11.5. The first-order valence-corrected chi connectivity index (χ1v) is 8.37. The summed E-state index contributed by atoms with van der Waals surface area (Å²) in [5.41, 5.74) is 1.37. The molecule has 1 aromatic rings. The summed E-state index contributed by atoms with van der Waals surface area (Å²) < 4.78 is 2.31. The topological polar surface area (TPSA) is 12.0 Å². The average molecular weight is 377 g/mol. The number of hydrogen-bond acceptors (Lipinski definition) is 1. The first-order chi connectivity index (χ1) is 8.60. The fourth-order valence-electron chi connectivity index (χ4n) is 2.29. The van der Waals surface area contributed by atoms with Crippen LogP contribution in [0.3, 0.4) is 0 Å². The highest BCUT2D eigenvalue weighted by Gasteiger charge is 2.20. The third-order valence-corrected chi connectivity index (χ3v) is 4.40. The van der Waals surface area contributed by atoms with E-state index in [2.05, 4.69) is 76.1 Å². The zero-order chi connectivity index (χ0) is 13.5. The van der Waals surface area contributed by atoms with Gasteiger partial charge in [-0.25, -0.2) is 0 Å². The smallest absolute Gasteiger partial charge is 0.0357 e. The summed E-state index contributed by atoms with van der Waals surface area (Å²) >= 11 is 7.20. The number of rotatable bonds is 7. The van der Waals surface area contributed by atoms with Gasteiger partial charge in [-0.3, -0.25) is 0 Å². The van der Waals surface area contributed by atoms with Gasteiger partial charge < -0.3 is 5.32 Å². The third kappa shape index (κ3) is 4.67. The van der Waals surface area contributed by atoms with Crippen LogP contribution in [0.15, 0.2) is 27.1 Å². The van der Waals surface area contributed by atoms with Crippen molar-refractivity contribution in [3.63, 3.8) is 0 Å². The predicted octanol–water partition coefficient (Wildman–Crippen LogP) is 5.69. The molecule has 2 atom stereocenters. The Morgan fingerprint density at radius 2 is 1.89 bits per heavy atom. The lowest BCUT2D eigenvalue weighted by Crippen LogP contribution is -2.28. The fraction of sp³-hybridized carbons (Fsp3) is 0.600. The standard InChI is InChI=1S/C15H23Br2N/c1-4-6-11(3)15(18-9-5-2)13-8-7-12(16)10-14(13)17/h7-8,10-11,15,18H,4-6,9H2,1-3H3. The van der Waals surface area contributed by atoms with E-state index in [1.165, 1.54) is 29.3 Å². The van der Waals surface area contributed by atoms with Crippen LogP contribution in [0.2, 0.25) is 0 Å². The molecular weight excluding hydrogens is 354 g/mol. The van der Waals surface area contributed by atoms with Crippen molar-refractivity contribution in [2.75, 3.05) is 6.54 Å². The van der Waals surface area contributed by atoms with Crippen molar-refractivity contribution < 1.29 is 0 Å². The Kier molecular flexibility index (Phi) is 7.50. The predicted molar refractivity (Wildman–Crippen MR) is 86.9 cm³/mol. The number of nitrogens with one attached hydrogen (secondary N) is 1. The van der Waals surface area contributed by atoms with E-state index in [1.807, 2.05) is 0 Å². The average Bonchev–Trinajstić information content (AvgIpc) is 2.32. The molecule has 0 aliphatic carbocycles. The Morgan fingerprint density at radius 3 is 2.44 bits per heavy atom. The van der Waals surface area contributed by atoms with Crippen LogP contribution in [-0.2, 0) is 0 Å². The molecule has 0 aliphatic rings. The minimum absolute atomic E-state index is 0.437. The molecule has 0 saturated carbocycles. The third-order valence-electron chi connectivity index (χ3n) is 3.22. The summed E-state index contributed by atoms with van der Waals surface area (Å²) in [7, 11) is 0. The van der Waals surface area contributed by atoms with Gasteiger partial charge in [-0.15, -0.1) is 0 Å². The molecule has 1 aromatic carbocycles. The largest absolute Gasteiger partial charge is 0.310 e. The maximum atomic E-state index is 3.69. The van der Waals surface area contributed by atoms with Crippen LogP contribution in [0.5, 0.6) is 0 Å². The fourth-order valence-corrected chi connectivity index (χ4v) is 3.59. The van der Waals surface area contributed by atoms with Crippen LogP contribution in [0.1, 0.15) is 51.6 Å². The zero-order valence-corrected chi connectivity index (χ0v) is 14.6. The molecule has 0 bridgehead atoms. The van der Waals surface area contributed by atoms with E-state index >= 15 is 0 Å². The minimum Gasteiger partial charge on any atom is -0.310 e. The van der Waals surface area contributed by atoms with E-state index in [9.17, 15) is 0 Å². The van der Waals surface area contributed by atoms with Gasteiger partial charge in [0.1, 0.15) is 0 Å². The molecule has 0 heterocycles. The molecule has 2 unspecified atom stereocenters. The molecule has 18 heavy (non-hydrogen) atoms. The molecule has 0 amide bonds. The molecule has 0 aliphatic heterocycles. The van der Waals surface area contributed by atoms with Crippen LogP contribution in [0.4, 0.5) is 0 Å². The highest BCUT2D eigenvalue weighted by atomic mass is 79.9. The molecule has 0 spiro atoms. The summed E-state index contributed by atoms with van der Waals surface area (Å²) in [6.45, 7) is 7.88. The SMILES string of the molecule is CCCNC(c1ccc(Br)cc1Br)C(C)CCC. The molecule has 1 rings (SSSR count). The lowest BCUT2D eigenvalue weighted by molar-refractivity contribution is 0.362. The van der Waals surface area contributed by atoms with Gasteiger partial charge in [0.25, 0.3) is 0 Å². The van der Waals surface area contributed by atoms with Crippen LogP contribution < -0.4 is 5.32 Å². The lowest BCUT2D eigenvalue weighted by atomic mass is 9.91. The molecule has 0 saturated heterocycles. The van der Waals surface area contributed by atoms with E-state index in [-0.39, 0.29) is 0 Å². The van der Waals surface area contributed by atoms with Gasteiger partial charge in [0.05, 0.1) is 0 Å². The highest BCUT2D eigenvalue weighted by molar-refractivity contribution is 9.11. The van der Waals surface area contributed by atoms with E-state index in [1.54, 1.807) is 0 Å². The minimum atomic E-state index is 0.437. The van der Waals surface area contributed by atoms with Crippen LogP contribution in [-0.4, -0.2) is 6.54 Å². The van der Waals surface area contributed by atoms with E-state index < -0.39 is 0 Å². The van der Waals surface area contributed by atoms with Crippen molar-refractivity contribution in [3.05, 3.63) is 32.7 Å². The Morgan fingerprint density at radius 1 is 1.17 bits per heavy atom. The van der Waals surface area contributed by atoms with Gasteiger partial charge in [-0.2, -0.15) is 0 Å². The van der Waals surface area contributed by atoms with Crippen molar-refractivity contribution in [3.8, 4) is 0 Å². The molecule has 0 radical (unpaired) electrons. The molecule has 102 valence electrons. The van der Waals surface area contributed by atoms with Gasteiger partial charge in [0.2, 0.25) is 0 Å². The summed E-state index contributed by atoms with van der Waals surface area (Å²) in [6, 6.07) is 6.91. The van der Waals surface area contributed by atoms with Crippen molar-refractivity contribution in [1.29, 1.82) is 0 Å². The Balaban J connectivity index is 2.93. The summed E-state index contributed by atoms with van der Waals surface area (Å²) in [5.74, 6) is 0.652. The van der Waals surface area contributed by atoms with Crippen LogP contribution >= 0.6 is 31.9 Å². The van der Waals surface area contributed by atoms with Crippen LogP contribution in [0, 0.1) is 5.92 Å². The maximum absolute atomic E-state index is 3.69. The maximum Gasteiger partial charge on any atom is 0.0357 e. The summed E-state index contributed by atoms with van der Waals surface area (Å²) in [4.78, 5) is 0. The lowest BCUT2D eigenvalue weighted by Gasteiger charge is -2.26. The van der Waals surface area contributed by atoms with Gasteiger partial charge in [-0.05, 0) is 43.0 Å². The molecule has 3 heteroatoms. The molecule has 1 N–H and O–H groups in total. The van der Waals surface area contributed by atoms with Crippen molar-refractivity contribution >= 4 is 31.9 Å². The van der Waals surface area contributed by atoms with Gasteiger partial charge in [0, 0.05) is 15.0 Å². The number of hydrogen-bond donors (Lipinski definition) is 1. The Labute approximate surface area is 128 Å². The Hall–Kier alpha value is 0.140. The summed E-state index contributed by atoms with van der Waals surface area (Å²) in [6.07, 6.45) is 3.66. The van der Waals surface area contributed by atoms with E-state index in [0.29, 0.717) is 12.0 Å². The Bertz CT molecular complexity index is 366. The molecule has 0 aromatic heterocycles. The quantitative estimate of drug-likeness (QED) is 0.644. The first-order valence-electron chi connectivity index (χ1n) is 6.78. The molecule has 0 fully saturated rings. The van der Waals surface area contributed by atoms with Crippen LogP contribution in [0.25, 0.3) is 0 Å². The second kappa shape index (κ2) is 8.34. The van der Waals surface area contributed by atoms with Gasteiger partial charge >= 0.3 is 0 Å². The van der Waals surface area contributed by atoms with Crippen molar-refractivity contribution in [2.24, 2.45) is 5.92 Å². The monoisotopic (exact) mass is 375 g/mol. The second-order valence-electron chi connectivity index (χ2n) is 4.86. The van der Waals surface area contributed by atoms with Crippen molar-refractivity contribution in [2.45, 2.75) is 46.1 Å². The first kappa shape index (κ1) is 16.2. The van der Waals surface area contributed by atoms with Crippen molar-refractivity contribution in [1.82, 2.24) is 5.32 Å². The molecule has 1 nitrogen and oxygen atoms in total. The molecular formula is C15H23Br2N. The van der Waals surface area contributed by atoms with Gasteiger partial charge in [0.15, 0.2) is 0 Å². The number of halogens is 2. The van der Waals surface area contributed by atoms with E-state index in [4.69, 9.17) is 0 Å². The highest BCUT2D eigenvalue weighted by Crippen LogP contribution is 2.32.